The van der Waals surface area contributed by atoms with Gasteiger partial charge < -0.3 is 16.4 Å². The normalized spacial score (nSPS) is 12.1. The van der Waals surface area contributed by atoms with Gasteiger partial charge in [0.1, 0.15) is 0 Å². The van der Waals surface area contributed by atoms with Gasteiger partial charge in [0, 0.05) is 0 Å². The molecule has 2 aromatic rings. The molecule has 0 fully saturated rings. The second-order valence-electron chi connectivity index (χ2n) is 6.33. The van der Waals surface area contributed by atoms with Crippen LogP contribution in [0.2, 0.25) is 0 Å². The van der Waals surface area contributed by atoms with Gasteiger partial charge in [-0.25, -0.2) is 4.68 Å². The SMILES string of the molecule is Cc1nn(-c2ccccc2)c(C)c1NC(=O)CNC(=O)[C@@H](N)C(C)C. The highest BCUT2D eigenvalue weighted by Crippen LogP contribution is 2.22. The van der Waals surface area contributed by atoms with Gasteiger partial charge in [0.05, 0.1) is 35.3 Å². The lowest BCUT2D eigenvalue weighted by molar-refractivity contribution is -0.125. The summed E-state index contributed by atoms with van der Waals surface area (Å²) in [5.41, 5.74) is 8.85. The van der Waals surface area contributed by atoms with Crippen molar-refractivity contribution >= 4 is 17.5 Å². The Morgan fingerprint density at radius 3 is 2.44 bits per heavy atom. The molecule has 2 rings (SSSR count). The van der Waals surface area contributed by atoms with Gasteiger partial charge in [-0.15, -0.1) is 0 Å². The van der Waals surface area contributed by atoms with E-state index in [0.717, 1.165) is 11.4 Å². The van der Waals surface area contributed by atoms with Crippen LogP contribution in [0.15, 0.2) is 30.3 Å². The highest BCUT2D eigenvalue weighted by atomic mass is 16.2. The molecule has 0 saturated carbocycles. The van der Waals surface area contributed by atoms with E-state index in [4.69, 9.17) is 5.73 Å². The van der Waals surface area contributed by atoms with E-state index in [9.17, 15) is 9.59 Å². The van der Waals surface area contributed by atoms with Gasteiger partial charge in [-0.1, -0.05) is 32.0 Å². The molecule has 1 aromatic carbocycles. The van der Waals surface area contributed by atoms with Crippen molar-refractivity contribution in [2.45, 2.75) is 33.7 Å². The van der Waals surface area contributed by atoms with Crippen LogP contribution in [-0.4, -0.2) is 34.2 Å². The summed E-state index contributed by atoms with van der Waals surface area (Å²) < 4.78 is 1.78. The molecule has 0 unspecified atom stereocenters. The number of anilines is 1. The Balaban J connectivity index is 2.04. The maximum absolute atomic E-state index is 12.2. The average Bonchev–Trinajstić information content (AvgIpc) is 2.87. The molecule has 7 heteroatoms. The molecule has 0 bridgehead atoms. The third-order valence-electron chi connectivity index (χ3n) is 4.00. The number of carbonyl (C=O) groups is 2. The molecule has 2 amide bonds. The van der Waals surface area contributed by atoms with Crippen molar-refractivity contribution in [1.82, 2.24) is 15.1 Å². The van der Waals surface area contributed by atoms with Gasteiger partial charge in [-0.05, 0) is 31.9 Å². The van der Waals surface area contributed by atoms with Crippen LogP contribution >= 0.6 is 0 Å². The van der Waals surface area contributed by atoms with Gasteiger partial charge in [0.2, 0.25) is 11.8 Å². The van der Waals surface area contributed by atoms with Crippen molar-refractivity contribution < 1.29 is 9.59 Å². The number of carbonyl (C=O) groups excluding carboxylic acids is 2. The molecule has 0 saturated heterocycles. The number of nitrogens with two attached hydrogens (primary N) is 1. The van der Waals surface area contributed by atoms with Crippen LogP contribution < -0.4 is 16.4 Å². The Hall–Kier alpha value is -2.67. The minimum Gasteiger partial charge on any atom is -0.346 e. The quantitative estimate of drug-likeness (QED) is 0.740. The predicted octanol–water partition coefficient (Wildman–Crippen LogP) is 1.53. The van der Waals surface area contributed by atoms with E-state index in [1.54, 1.807) is 4.68 Å². The Morgan fingerprint density at radius 1 is 1.20 bits per heavy atom. The minimum absolute atomic E-state index is 0.0108. The molecular formula is C18H25N5O2. The smallest absolute Gasteiger partial charge is 0.243 e. The van der Waals surface area contributed by atoms with E-state index in [1.807, 2.05) is 58.0 Å². The fourth-order valence-electron chi connectivity index (χ4n) is 2.42. The second kappa shape index (κ2) is 7.94. The van der Waals surface area contributed by atoms with Crippen molar-refractivity contribution in [2.75, 3.05) is 11.9 Å². The van der Waals surface area contributed by atoms with Gasteiger partial charge in [-0.2, -0.15) is 5.10 Å². The molecule has 4 N–H and O–H groups in total. The Bertz CT molecular complexity index is 752. The molecule has 0 aliphatic rings. The molecule has 0 aliphatic carbocycles. The van der Waals surface area contributed by atoms with Crippen LogP contribution in [0.5, 0.6) is 0 Å². The number of hydrogen-bond acceptors (Lipinski definition) is 4. The third-order valence-corrected chi connectivity index (χ3v) is 4.00. The van der Waals surface area contributed by atoms with Crippen LogP contribution in [0, 0.1) is 19.8 Å². The number of hydrogen-bond donors (Lipinski definition) is 3. The van der Waals surface area contributed by atoms with Gasteiger partial charge in [0.25, 0.3) is 0 Å². The number of amides is 2. The zero-order chi connectivity index (χ0) is 18.6. The van der Waals surface area contributed by atoms with Gasteiger partial charge in [0.15, 0.2) is 0 Å². The first-order chi connectivity index (χ1) is 11.8. The first kappa shape index (κ1) is 18.7. The predicted molar refractivity (Wildman–Crippen MR) is 97.5 cm³/mol. The summed E-state index contributed by atoms with van der Waals surface area (Å²) in [6.07, 6.45) is 0. The van der Waals surface area contributed by atoms with Gasteiger partial charge in [-0.3, -0.25) is 9.59 Å². The van der Waals surface area contributed by atoms with E-state index in [-0.39, 0.29) is 24.3 Å². The maximum Gasteiger partial charge on any atom is 0.243 e. The first-order valence-corrected chi connectivity index (χ1v) is 8.26. The van der Waals surface area contributed by atoms with Crippen molar-refractivity contribution in [3.63, 3.8) is 0 Å². The molecule has 134 valence electrons. The summed E-state index contributed by atoms with van der Waals surface area (Å²) in [6.45, 7) is 7.30. The number of rotatable bonds is 6. The molecule has 25 heavy (non-hydrogen) atoms. The van der Waals surface area contributed by atoms with E-state index in [1.165, 1.54) is 0 Å². The molecule has 0 spiro atoms. The molecule has 7 nitrogen and oxygen atoms in total. The van der Waals surface area contributed by atoms with Crippen molar-refractivity contribution in [3.05, 3.63) is 41.7 Å². The third kappa shape index (κ3) is 4.45. The highest BCUT2D eigenvalue weighted by molar-refractivity contribution is 5.96. The van der Waals surface area contributed by atoms with E-state index >= 15 is 0 Å². The Labute approximate surface area is 147 Å². The van der Waals surface area contributed by atoms with Crippen LogP contribution in [-0.2, 0) is 9.59 Å². The van der Waals surface area contributed by atoms with Crippen LogP contribution in [0.1, 0.15) is 25.2 Å². The molecule has 0 aliphatic heterocycles. The van der Waals surface area contributed by atoms with Crippen molar-refractivity contribution in [1.29, 1.82) is 0 Å². The molecular weight excluding hydrogens is 318 g/mol. The Kier molecular flexibility index (Phi) is 5.93. The van der Waals surface area contributed by atoms with Crippen LogP contribution in [0.4, 0.5) is 5.69 Å². The number of nitrogens with zero attached hydrogens (tertiary/aromatic N) is 2. The summed E-state index contributed by atoms with van der Waals surface area (Å²) in [6, 6.07) is 9.05. The zero-order valence-electron chi connectivity index (χ0n) is 15.0. The summed E-state index contributed by atoms with van der Waals surface area (Å²) in [5.74, 6) is -0.640. The monoisotopic (exact) mass is 343 g/mol. The van der Waals surface area contributed by atoms with E-state index in [0.29, 0.717) is 11.4 Å². The van der Waals surface area contributed by atoms with Crippen molar-refractivity contribution in [3.8, 4) is 5.69 Å². The molecule has 1 heterocycles. The summed E-state index contributed by atoms with van der Waals surface area (Å²) in [4.78, 5) is 24.0. The largest absolute Gasteiger partial charge is 0.346 e. The molecule has 1 atom stereocenters. The second-order valence-corrected chi connectivity index (χ2v) is 6.33. The number of aryl methyl sites for hydroxylation is 1. The molecule has 1 aromatic heterocycles. The topological polar surface area (TPSA) is 102 Å². The van der Waals surface area contributed by atoms with Crippen LogP contribution in [0.3, 0.4) is 0 Å². The fourth-order valence-corrected chi connectivity index (χ4v) is 2.42. The standard InChI is InChI=1S/C18H25N5O2/c1-11(2)16(19)18(25)20-10-15(24)21-17-12(3)22-23(13(17)4)14-8-6-5-7-9-14/h5-9,11,16H,10,19H2,1-4H3,(H,20,25)(H,21,24)/t16-/m0/s1. The number of benzene rings is 1. The highest BCUT2D eigenvalue weighted by Gasteiger charge is 2.19. The van der Waals surface area contributed by atoms with Gasteiger partial charge >= 0.3 is 0 Å². The zero-order valence-corrected chi connectivity index (χ0v) is 15.0. The van der Waals surface area contributed by atoms with Crippen molar-refractivity contribution in [2.24, 2.45) is 11.7 Å². The lowest BCUT2D eigenvalue weighted by Crippen LogP contribution is -2.46. The summed E-state index contributed by atoms with van der Waals surface area (Å²) in [5, 5.41) is 9.85. The number of aromatic nitrogens is 2. The lowest BCUT2D eigenvalue weighted by atomic mass is 10.1. The number of nitrogens with one attached hydrogen (secondary N) is 2. The van der Waals surface area contributed by atoms with E-state index in [2.05, 4.69) is 15.7 Å². The average molecular weight is 343 g/mol. The fraction of sp³-hybridized carbons (Fsp3) is 0.389. The van der Waals surface area contributed by atoms with E-state index < -0.39 is 6.04 Å². The summed E-state index contributed by atoms with van der Waals surface area (Å²) in [7, 11) is 0. The van der Waals surface area contributed by atoms with Crippen LogP contribution in [0.25, 0.3) is 5.69 Å². The first-order valence-electron chi connectivity index (χ1n) is 8.26. The summed E-state index contributed by atoms with van der Waals surface area (Å²) >= 11 is 0. The maximum atomic E-state index is 12.2. The lowest BCUT2D eigenvalue weighted by Gasteiger charge is -2.15. The molecule has 0 radical (unpaired) electrons. The minimum atomic E-state index is -0.628. The Morgan fingerprint density at radius 2 is 1.84 bits per heavy atom. The number of para-hydroxylation sites is 1.